The summed E-state index contributed by atoms with van der Waals surface area (Å²) >= 11 is 0. The van der Waals surface area contributed by atoms with Gasteiger partial charge in [0.2, 0.25) is 5.89 Å². The smallest absolute Gasteiger partial charge is 0.277 e. The molecule has 0 bridgehead atoms. The van der Waals surface area contributed by atoms with Crippen LogP contribution in [-0.4, -0.2) is 25.7 Å². The first-order chi connectivity index (χ1) is 13.0. The van der Waals surface area contributed by atoms with Crippen molar-refractivity contribution in [3.05, 3.63) is 60.2 Å². The van der Waals surface area contributed by atoms with Crippen LogP contribution in [0.15, 0.2) is 53.2 Å². The number of carbonyl (C=O) groups excluding carboxylic acids is 1. The molecule has 0 saturated heterocycles. The second kappa shape index (κ2) is 6.68. The van der Waals surface area contributed by atoms with Gasteiger partial charge in [0.15, 0.2) is 11.3 Å². The summed E-state index contributed by atoms with van der Waals surface area (Å²) in [4.78, 5) is 21.4. The fourth-order valence-electron chi connectivity index (χ4n) is 2.89. The molecule has 0 aliphatic carbocycles. The maximum atomic E-state index is 12.6. The van der Waals surface area contributed by atoms with E-state index in [2.05, 4.69) is 20.4 Å². The summed E-state index contributed by atoms with van der Waals surface area (Å²) in [7, 11) is 0. The zero-order valence-corrected chi connectivity index (χ0v) is 15.3. The summed E-state index contributed by atoms with van der Waals surface area (Å²) in [5.41, 5.74) is 2.45. The average molecular weight is 361 g/mol. The number of anilines is 1. The zero-order valence-electron chi connectivity index (χ0n) is 15.3. The van der Waals surface area contributed by atoms with E-state index in [4.69, 9.17) is 4.42 Å². The molecule has 0 atom stereocenters. The van der Waals surface area contributed by atoms with Crippen LogP contribution in [0.3, 0.4) is 0 Å². The summed E-state index contributed by atoms with van der Waals surface area (Å²) in [6.45, 7) is 5.81. The second-order valence-corrected chi connectivity index (χ2v) is 6.56. The van der Waals surface area contributed by atoms with E-state index in [-0.39, 0.29) is 17.6 Å². The highest BCUT2D eigenvalue weighted by atomic mass is 16.4. The van der Waals surface area contributed by atoms with E-state index < -0.39 is 0 Å². The minimum Gasteiger partial charge on any atom is -0.441 e. The maximum absolute atomic E-state index is 12.6. The second-order valence-electron chi connectivity index (χ2n) is 6.56. The number of aryl methyl sites for hydroxylation is 1. The molecule has 0 saturated carbocycles. The van der Waals surface area contributed by atoms with Gasteiger partial charge in [-0.3, -0.25) is 4.79 Å². The van der Waals surface area contributed by atoms with Gasteiger partial charge in [-0.1, -0.05) is 18.2 Å². The SMILES string of the molecule is Cc1oc(-c2ccccc2)nc1C(=O)Nc1cnc2c(cnn2C(C)C)c1. The number of aromatic nitrogens is 4. The molecule has 1 aromatic carbocycles. The number of carbonyl (C=O) groups is 1. The van der Waals surface area contributed by atoms with E-state index in [1.54, 1.807) is 19.3 Å². The Morgan fingerprint density at radius 2 is 1.96 bits per heavy atom. The molecular weight excluding hydrogens is 342 g/mol. The Balaban J connectivity index is 1.59. The molecule has 7 heteroatoms. The normalized spacial score (nSPS) is 11.3. The fourth-order valence-corrected chi connectivity index (χ4v) is 2.89. The number of amides is 1. The third-order valence-electron chi connectivity index (χ3n) is 4.21. The van der Waals surface area contributed by atoms with Gasteiger partial charge in [-0.25, -0.2) is 14.6 Å². The molecule has 1 N–H and O–H groups in total. The van der Waals surface area contributed by atoms with Crippen molar-refractivity contribution < 1.29 is 9.21 Å². The molecule has 0 radical (unpaired) electrons. The molecule has 0 fully saturated rings. The topological polar surface area (TPSA) is 85.8 Å². The van der Waals surface area contributed by atoms with E-state index in [1.165, 1.54) is 0 Å². The van der Waals surface area contributed by atoms with Gasteiger partial charge in [0.25, 0.3) is 5.91 Å². The van der Waals surface area contributed by atoms with E-state index in [9.17, 15) is 4.79 Å². The molecule has 0 aliphatic rings. The Morgan fingerprint density at radius 3 is 2.70 bits per heavy atom. The first-order valence-electron chi connectivity index (χ1n) is 8.70. The van der Waals surface area contributed by atoms with Gasteiger partial charge >= 0.3 is 0 Å². The summed E-state index contributed by atoms with van der Waals surface area (Å²) in [6, 6.07) is 11.5. The van der Waals surface area contributed by atoms with Crippen LogP contribution in [0, 0.1) is 6.92 Å². The van der Waals surface area contributed by atoms with Crippen LogP contribution >= 0.6 is 0 Å². The van der Waals surface area contributed by atoms with Crippen molar-refractivity contribution in [3.63, 3.8) is 0 Å². The first-order valence-corrected chi connectivity index (χ1v) is 8.70. The van der Waals surface area contributed by atoms with Crippen molar-refractivity contribution in [2.24, 2.45) is 0 Å². The first kappa shape index (κ1) is 17.0. The molecule has 136 valence electrons. The molecule has 3 aromatic heterocycles. The van der Waals surface area contributed by atoms with Crippen molar-refractivity contribution in [3.8, 4) is 11.5 Å². The van der Waals surface area contributed by atoms with Gasteiger partial charge in [-0.15, -0.1) is 0 Å². The highest BCUT2D eigenvalue weighted by Crippen LogP contribution is 2.23. The van der Waals surface area contributed by atoms with Crippen molar-refractivity contribution >= 4 is 22.6 Å². The molecule has 4 rings (SSSR count). The molecule has 7 nitrogen and oxygen atoms in total. The molecule has 27 heavy (non-hydrogen) atoms. The Kier molecular flexibility index (Phi) is 4.19. The number of nitrogens with zero attached hydrogens (tertiary/aromatic N) is 4. The number of oxazole rings is 1. The van der Waals surface area contributed by atoms with Crippen LogP contribution in [0.1, 0.15) is 36.1 Å². The van der Waals surface area contributed by atoms with Crippen molar-refractivity contribution in [1.82, 2.24) is 19.7 Å². The van der Waals surface area contributed by atoms with Gasteiger partial charge < -0.3 is 9.73 Å². The number of benzene rings is 1. The number of pyridine rings is 1. The summed E-state index contributed by atoms with van der Waals surface area (Å²) < 4.78 is 7.50. The van der Waals surface area contributed by atoms with Crippen molar-refractivity contribution in [2.45, 2.75) is 26.8 Å². The van der Waals surface area contributed by atoms with E-state index in [0.29, 0.717) is 17.3 Å². The number of hydrogen-bond donors (Lipinski definition) is 1. The highest BCUT2D eigenvalue weighted by molar-refractivity contribution is 6.04. The van der Waals surface area contributed by atoms with Crippen LogP contribution < -0.4 is 5.32 Å². The van der Waals surface area contributed by atoms with E-state index >= 15 is 0 Å². The van der Waals surface area contributed by atoms with Crippen LogP contribution in [0.5, 0.6) is 0 Å². The lowest BCUT2D eigenvalue weighted by Gasteiger charge is -2.07. The lowest BCUT2D eigenvalue weighted by Crippen LogP contribution is -2.14. The molecule has 1 amide bonds. The lowest BCUT2D eigenvalue weighted by molar-refractivity contribution is 0.102. The molecule has 0 spiro atoms. The predicted octanol–water partition coefficient (Wildman–Crippen LogP) is 4.23. The molecular formula is C20H19N5O2. The Bertz CT molecular complexity index is 1110. The van der Waals surface area contributed by atoms with Crippen LogP contribution in [0.2, 0.25) is 0 Å². The number of rotatable bonds is 4. The van der Waals surface area contributed by atoms with Crippen LogP contribution in [-0.2, 0) is 0 Å². The maximum Gasteiger partial charge on any atom is 0.277 e. The van der Waals surface area contributed by atoms with Gasteiger partial charge in [0.05, 0.1) is 18.1 Å². The quantitative estimate of drug-likeness (QED) is 0.588. The Hall–Kier alpha value is -3.48. The summed E-state index contributed by atoms with van der Waals surface area (Å²) in [5, 5.41) is 8.04. The Morgan fingerprint density at radius 1 is 1.19 bits per heavy atom. The molecule has 3 heterocycles. The monoisotopic (exact) mass is 361 g/mol. The van der Waals surface area contributed by atoms with Gasteiger partial charge in [-0.05, 0) is 39.0 Å². The van der Waals surface area contributed by atoms with Crippen LogP contribution in [0.25, 0.3) is 22.5 Å². The van der Waals surface area contributed by atoms with Crippen molar-refractivity contribution in [2.75, 3.05) is 5.32 Å². The minimum absolute atomic E-state index is 0.213. The third-order valence-corrected chi connectivity index (χ3v) is 4.21. The summed E-state index contributed by atoms with van der Waals surface area (Å²) in [6.07, 6.45) is 3.36. The van der Waals surface area contributed by atoms with Gasteiger partial charge in [-0.2, -0.15) is 5.10 Å². The standard InChI is InChI=1S/C20H19N5O2/c1-12(2)25-18-15(10-22-25)9-16(11-21-18)23-19(26)17-13(3)27-20(24-17)14-7-5-4-6-8-14/h4-12H,1-3H3,(H,23,26). The third kappa shape index (κ3) is 3.19. The van der Waals surface area contributed by atoms with E-state index in [1.807, 2.05) is 54.9 Å². The van der Waals surface area contributed by atoms with Crippen LogP contribution in [0.4, 0.5) is 5.69 Å². The van der Waals surface area contributed by atoms with Gasteiger partial charge in [0, 0.05) is 17.0 Å². The molecule has 0 aliphatic heterocycles. The number of hydrogen-bond acceptors (Lipinski definition) is 5. The number of nitrogens with one attached hydrogen (secondary N) is 1. The fraction of sp³-hybridized carbons (Fsp3) is 0.200. The minimum atomic E-state index is -0.337. The Labute approximate surface area is 156 Å². The van der Waals surface area contributed by atoms with Gasteiger partial charge in [0.1, 0.15) is 5.76 Å². The average Bonchev–Trinajstić information content (AvgIpc) is 3.25. The van der Waals surface area contributed by atoms with E-state index in [0.717, 1.165) is 16.6 Å². The zero-order chi connectivity index (χ0) is 19.0. The highest BCUT2D eigenvalue weighted by Gasteiger charge is 2.19. The lowest BCUT2D eigenvalue weighted by atomic mass is 10.2. The molecule has 0 unspecified atom stereocenters. The number of fused-ring (bicyclic) bond motifs is 1. The molecule has 4 aromatic rings. The predicted molar refractivity (Wildman–Crippen MR) is 103 cm³/mol. The van der Waals surface area contributed by atoms with Crippen molar-refractivity contribution in [1.29, 1.82) is 0 Å². The summed E-state index contributed by atoms with van der Waals surface area (Å²) in [5.74, 6) is 0.550. The largest absolute Gasteiger partial charge is 0.441 e.